The summed E-state index contributed by atoms with van der Waals surface area (Å²) in [5.41, 5.74) is 7.21. The van der Waals surface area contributed by atoms with Crippen molar-refractivity contribution in [1.82, 2.24) is 4.90 Å². The van der Waals surface area contributed by atoms with E-state index in [1.807, 2.05) is 30.3 Å². The Morgan fingerprint density at radius 1 is 1.40 bits per heavy atom. The average molecular weight is 358 g/mol. The van der Waals surface area contributed by atoms with Crippen LogP contribution < -0.4 is 5.73 Å². The number of rotatable bonds is 6. The zero-order valence-corrected chi connectivity index (χ0v) is 13.7. The lowest BCUT2D eigenvalue weighted by Gasteiger charge is -2.19. The monoisotopic (exact) mass is 356 g/mol. The molecule has 0 bridgehead atoms. The Morgan fingerprint density at radius 2 is 2.20 bits per heavy atom. The molecule has 0 spiro atoms. The van der Waals surface area contributed by atoms with Crippen LogP contribution in [-0.2, 0) is 6.54 Å². The van der Waals surface area contributed by atoms with Crippen molar-refractivity contribution in [3.05, 3.63) is 57.4 Å². The van der Waals surface area contributed by atoms with E-state index in [-0.39, 0.29) is 6.04 Å². The Morgan fingerprint density at radius 3 is 2.85 bits per heavy atom. The summed E-state index contributed by atoms with van der Waals surface area (Å²) in [6, 6.07) is 9.63. The van der Waals surface area contributed by atoms with Crippen molar-refractivity contribution >= 4 is 27.5 Å². The number of nitrogens with zero attached hydrogens (tertiary/aromatic N) is 1. The summed E-state index contributed by atoms with van der Waals surface area (Å²) < 4.78 is 6.29. The molecule has 0 aliphatic rings. The van der Waals surface area contributed by atoms with E-state index in [2.05, 4.69) is 27.9 Å². The predicted octanol–water partition coefficient (Wildman–Crippen LogP) is 4.22. The molecule has 3 nitrogen and oxygen atoms in total. The molecule has 1 aromatic heterocycles. The Balaban J connectivity index is 1.86. The van der Waals surface area contributed by atoms with Gasteiger partial charge in [0.2, 0.25) is 0 Å². The molecular formula is C15H18BrClN2O. The third kappa shape index (κ3) is 4.35. The molecule has 0 fully saturated rings. The highest BCUT2D eigenvalue weighted by molar-refractivity contribution is 9.10. The van der Waals surface area contributed by atoms with Crippen molar-refractivity contribution in [2.24, 2.45) is 5.73 Å². The second-order valence-electron chi connectivity index (χ2n) is 4.88. The van der Waals surface area contributed by atoms with Crippen LogP contribution in [0.1, 0.15) is 23.8 Å². The summed E-state index contributed by atoms with van der Waals surface area (Å²) in [6.07, 6.45) is 2.54. The molecule has 2 aromatic rings. The van der Waals surface area contributed by atoms with Crippen molar-refractivity contribution in [3.8, 4) is 0 Å². The molecule has 1 unspecified atom stereocenters. The highest BCUT2D eigenvalue weighted by Gasteiger charge is 2.12. The summed E-state index contributed by atoms with van der Waals surface area (Å²) >= 11 is 9.61. The SMILES string of the molecule is CN(CCC(N)c1ccc(Br)cc1Cl)Cc1ccco1. The van der Waals surface area contributed by atoms with Crippen LogP contribution in [0.25, 0.3) is 0 Å². The fraction of sp³-hybridized carbons (Fsp3) is 0.333. The van der Waals surface area contributed by atoms with Gasteiger partial charge in [0.05, 0.1) is 12.8 Å². The molecule has 5 heteroatoms. The van der Waals surface area contributed by atoms with Gasteiger partial charge in [-0.05, 0) is 43.3 Å². The molecular weight excluding hydrogens is 340 g/mol. The van der Waals surface area contributed by atoms with Gasteiger partial charge in [-0.15, -0.1) is 0 Å². The first kappa shape index (κ1) is 15.6. The van der Waals surface area contributed by atoms with Gasteiger partial charge in [-0.1, -0.05) is 33.6 Å². The number of hydrogen-bond donors (Lipinski definition) is 1. The van der Waals surface area contributed by atoms with Gasteiger partial charge in [0, 0.05) is 22.1 Å². The van der Waals surface area contributed by atoms with Crippen molar-refractivity contribution in [1.29, 1.82) is 0 Å². The lowest BCUT2D eigenvalue weighted by Crippen LogP contribution is -2.23. The first-order valence-electron chi connectivity index (χ1n) is 6.47. The van der Waals surface area contributed by atoms with Crippen molar-refractivity contribution in [3.63, 3.8) is 0 Å². The molecule has 2 N–H and O–H groups in total. The summed E-state index contributed by atoms with van der Waals surface area (Å²) in [5, 5.41) is 0.709. The third-order valence-electron chi connectivity index (χ3n) is 3.19. The topological polar surface area (TPSA) is 42.4 Å². The Hall–Kier alpha value is -0.810. The summed E-state index contributed by atoms with van der Waals surface area (Å²) in [7, 11) is 2.05. The van der Waals surface area contributed by atoms with Crippen molar-refractivity contribution in [2.75, 3.05) is 13.6 Å². The first-order valence-corrected chi connectivity index (χ1v) is 7.65. The van der Waals surface area contributed by atoms with Gasteiger partial charge in [-0.3, -0.25) is 4.90 Å². The van der Waals surface area contributed by atoms with Crippen LogP contribution in [0.4, 0.5) is 0 Å². The Kier molecular flexibility index (Phi) is 5.66. The smallest absolute Gasteiger partial charge is 0.117 e. The van der Waals surface area contributed by atoms with Crippen molar-refractivity contribution < 1.29 is 4.42 Å². The lowest BCUT2D eigenvalue weighted by molar-refractivity contribution is 0.284. The van der Waals surface area contributed by atoms with Gasteiger partial charge in [0.25, 0.3) is 0 Å². The van der Waals surface area contributed by atoms with E-state index < -0.39 is 0 Å². The molecule has 0 saturated heterocycles. The van der Waals surface area contributed by atoms with Crippen LogP contribution >= 0.6 is 27.5 Å². The quantitative estimate of drug-likeness (QED) is 0.842. The summed E-state index contributed by atoms with van der Waals surface area (Å²) in [6.45, 7) is 1.67. The predicted molar refractivity (Wildman–Crippen MR) is 85.7 cm³/mol. The average Bonchev–Trinajstić information content (AvgIpc) is 2.89. The number of halogens is 2. The zero-order chi connectivity index (χ0) is 14.5. The molecule has 0 aliphatic carbocycles. The molecule has 108 valence electrons. The summed E-state index contributed by atoms with van der Waals surface area (Å²) in [4.78, 5) is 2.19. The highest BCUT2D eigenvalue weighted by atomic mass is 79.9. The largest absolute Gasteiger partial charge is 0.468 e. The zero-order valence-electron chi connectivity index (χ0n) is 11.4. The number of hydrogen-bond acceptors (Lipinski definition) is 3. The van der Waals surface area contributed by atoms with E-state index in [0.717, 1.165) is 35.3 Å². The Bertz CT molecular complexity index is 545. The molecule has 1 heterocycles. The second-order valence-corrected chi connectivity index (χ2v) is 6.20. The molecule has 1 atom stereocenters. The van der Waals surface area contributed by atoms with E-state index in [1.54, 1.807) is 6.26 Å². The molecule has 0 amide bonds. The number of furan rings is 1. The molecule has 0 aliphatic heterocycles. The van der Waals surface area contributed by atoms with Gasteiger partial charge in [0.15, 0.2) is 0 Å². The number of nitrogens with two attached hydrogens (primary N) is 1. The maximum atomic E-state index is 6.22. The molecule has 1 aromatic carbocycles. The van der Waals surface area contributed by atoms with E-state index >= 15 is 0 Å². The van der Waals surface area contributed by atoms with Gasteiger partial charge in [-0.25, -0.2) is 0 Å². The van der Waals surface area contributed by atoms with Crippen LogP contribution in [0.5, 0.6) is 0 Å². The minimum atomic E-state index is -0.0605. The molecule has 0 radical (unpaired) electrons. The van der Waals surface area contributed by atoms with Crippen LogP contribution in [0, 0.1) is 0 Å². The van der Waals surface area contributed by atoms with Gasteiger partial charge >= 0.3 is 0 Å². The number of benzene rings is 1. The minimum absolute atomic E-state index is 0.0605. The molecule has 20 heavy (non-hydrogen) atoms. The van der Waals surface area contributed by atoms with Crippen molar-refractivity contribution in [2.45, 2.75) is 19.0 Å². The van der Waals surface area contributed by atoms with E-state index in [4.69, 9.17) is 21.8 Å². The Labute approximate surface area is 132 Å². The minimum Gasteiger partial charge on any atom is -0.468 e. The first-order chi connectivity index (χ1) is 9.56. The molecule has 0 saturated carbocycles. The fourth-order valence-electron chi connectivity index (χ4n) is 2.06. The maximum absolute atomic E-state index is 6.22. The maximum Gasteiger partial charge on any atom is 0.117 e. The highest BCUT2D eigenvalue weighted by Crippen LogP contribution is 2.27. The summed E-state index contributed by atoms with van der Waals surface area (Å²) in [5.74, 6) is 0.961. The van der Waals surface area contributed by atoms with Crippen LogP contribution in [0.15, 0.2) is 45.5 Å². The normalized spacial score (nSPS) is 12.8. The van der Waals surface area contributed by atoms with Gasteiger partial charge in [0.1, 0.15) is 5.76 Å². The third-order valence-corrected chi connectivity index (χ3v) is 4.01. The van der Waals surface area contributed by atoms with Crippen LogP contribution in [0.2, 0.25) is 5.02 Å². The van der Waals surface area contributed by atoms with Crippen LogP contribution in [0.3, 0.4) is 0 Å². The molecule has 2 rings (SSSR count). The lowest BCUT2D eigenvalue weighted by atomic mass is 10.0. The van der Waals surface area contributed by atoms with Gasteiger partial charge < -0.3 is 10.2 Å². The standard InChI is InChI=1S/C15H18BrClN2O/c1-19(10-12-3-2-8-20-12)7-6-15(18)13-5-4-11(16)9-14(13)17/h2-5,8-9,15H,6-7,10,18H2,1H3. The second kappa shape index (κ2) is 7.27. The van der Waals surface area contributed by atoms with E-state index in [0.29, 0.717) is 5.02 Å². The van der Waals surface area contributed by atoms with Crippen LogP contribution in [-0.4, -0.2) is 18.5 Å². The van der Waals surface area contributed by atoms with Gasteiger partial charge in [-0.2, -0.15) is 0 Å². The van der Waals surface area contributed by atoms with E-state index in [9.17, 15) is 0 Å². The van der Waals surface area contributed by atoms with E-state index in [1.165, 1.54) is 0 Å². The fourth-order valence-corrected chi connectivity index (χ4v) is 2.88.